The van der Waals surface area contributed by atoms with Gasteiger partial charge in [0.2, 0.25) is 5.91 Å². The van der Waals surface area contributed by atoms with Crippen LogP contribution in [0.15, 0.2) is 95.1 Å². The van der Waals surface area contributed by atoms with Crippen molar-refractivity contribution in [1.29, 1.82) is 0 Å². The normalized spacial score (nSPS) is 17.9. The molecular weight excluding hydrogens is 520 g/mol. The molecule has 0 radical (unpaired) electrons. The SMILES string of the molecule is O=C(/C=C/c1ccccc1)Nc1cc(C(=O)NCc2cccs2)ccc1N1C[C@H]2C[C@@H](C1)c1cccc(=O)n1C2. The van der Waals surface area contributed by atoms with Crippen molar-refractivity contribution in [3.8, 4) is 0 Å². The van der Waals surface area contributed by atoms with Gasteiger partial charge in [-0.3, -0.25) is 14.4 Å². The monoisotopic (exact) mass is 550 g/mol. The minimum Gasteiger partial charge on any atom is -0.369 e. The summed E-state index contributed by atoms with van der Waals surface area (Å²) in [5.41, 5.74) is 4.00. The van der Waals surface area contributed by atoms with Crippen molar-refractivity contribution >= 4 is 40.6 Å². The number of aromatic nitrogens is 1. The van der Waals surface area contributed by atoms with Crippen molar-refractivity contribution in [3.63, 3.8) is 0 Å². The first kappa shape index (κ1) is 25.8. The Balaban J connectivity index is 1.27. The topological polar surface area (TPSA) is 83.4 Å². The lowest BCUT2D eigenvalue weighted by Crippen LogP contribution is -2.47. The van der Waals surface area contributed by atoms with E-state index in [0.717, 1.165) is 41.3 Å². The molecule has 2 atom stereocenters. The highest BCUT2D eigenvalue weighted by molar-refractivity contribution is 7.09. The highest BCUT2D eigenvalue weighted by Crippen LogP contribution is 2.39. The van der Waals surface area contributed by atoms with Gasteiger partial charge in [0.15, 0.2) is 0 Å². The predicted octanol–water partition coefficient (Wildman–Crippen LogP) is 5.12. The molecule has 4 aromatic rings. The molecule has 0 aliphatic carbocycles. The molecule has 7 nitrogen and oxygen atoms in total. The van der Waals surface area contributed by atoms with E-state index in [2.05, 4.69) is 15.5 Å². The fourth-order valence-corrected chi connectivity index (χ4v) is 6.38. The zero-order valence-corrected chi connectivity index (χ0v) is 22.8. The van der Waals surface area contributed by atoms with Gasteiger partial charge in [0.1, 0.15) is 0 Å². The number of anilines is 2. The zero-order valence-electron chi connectivity index (χ0n) is 22.0. The van der Waals surface area contributed by atoms with E-state index in [0.29, 0.717) is 30.3 Å². The molecule has 0 unspecified atom stereocenters. The highest BCUT2D eigenvalue weighted by Gasteiger charge is 2.35. The Kier molecular flexibility index (Phi) is 7.33. The van der Waals surface area contributed by atoms with Crippen LogP contribution in [-0.2, 0) is 17.9 Å². The molecule has 6 rings (SSSR count). The van der Waals surface area contributed by atoms with Gasteiger partial charge in [0.05, 0.1) is 17.9 Å². The van der Waals surface area contributed by atoms with Crippen LogP contribution in [-0.4, -0.2) is 29.5 Å². The van der Waals surface area contributed by atoms with Crippen LogP contribution in [0.5, 0.6) is 0 Å². The number of piperidine rings is 1. The number of rotatable bonds is 7. The molecule has 0 spiro atoms. The molecule has 8 heteroatoms. The predicted molar refractivity (Wildman–Crippen MR) is 160 cm³/mol. The average molecular weight is 551 g/mol. The first-order valence-electron chi connectivity index (χ1n) is 13.5. The van der Waals surface area contributed by atoms with E-state index in [1.807, 2.05) is 76.7 Å². The molecule has 1 fully saturated rings. The number of nitrogens with zero attached hydrogens (tertiary/aromatic N) is 2. The van der Waals surface area contributed by atoms with E-state index in [-0.39, 0.29) is 23.3 Å². The second kappa shape index (κ2) is 11.4. The highest BCUT2D eigenvalue weighted by atomic mass is 32.1. The number of hydrogen-bond acceptors (Lipinski definition) is 5. The molecule has 0 saturated carbocycles. The number of pyridine rings is 1. The number of fused-ring (bicyclic) bond motifs is 4. The maximum atomic E-state index is 13.0. The van der Waals surface area contributed by atoms with E-state index in [9.17, 15) is 14.4 Å². The Hall–Kier alpha value is -4.43. The lowest BCUT2D eigenvalue weighted by Gasteiger charge is -2.44. The standard InChI is InChI=1S/C32H30N4O3S/c37-30(14-11-22-6-2-1-3-7-22)34-27-17-24(32(39)33-18-26-8-5-15-40-26)12-13-29(27)35-19-23-16-25(21-35)28-9-4-10-31(38)36(28)20-23/h1-15,17,23,25H,16,18-21H2,(H,33,39)(H,34,37)/b14-11+/t23-,25+/m1/s1. The van der Waals surface area contributed by atoms with Crippen LogP contribution in [0.4, 0.5) is 11.4 Å². The maximum Gasteiger partial charge on any atom is 0.251 e. The number of amides is 2. The van der Waals surface area contributed by atoms with Crippen molar-refractivity contribution in [2.75, 3.05) is 23.3 Å². The second-order valence-electron chi connectivity index (χ2n) is 10.3. The minimum atomic E-state index is -0.268. The lowest BCUT2D eigenvalue weighted by atomic mass is 9.83. The summed E-state index contributed by atoms with van der Waals surface area (Å²) < 4.78 is 1.91. The number of thiophene rings is 1. The second-order valence-corrected chi connectivity index (χ2v) is 11.4. The Bertz CT molecular complexity index is 1610. The van der Waals surface area contributed by atoms with Gasteiger partial charge < -0.3 is 20.1 Å². The molecule has 4 heterocycles. The van der Waals surface area contributed by atoms with Crippen molar-refractivity contribution in [2.45, 2.75) is 25.4 Å². The Morgan fingerprint density at radius 2 is 1.82 bits per heavy atom. The van der Waals surface area contributed by atoms with Gasteiger partial charge in [-0.15, -0.1) is 11.3 Å². The molecule has 2 bridgehead atoms. The third-order valence-corrected chi connectivity index (χ3v) is 8.44. The molecule has 202 valence electrons. The molecule has 2 amide bonds. The molecule has 40 heavy (non-hydrogen) atoms. The molecule has 2 aliphatic rings. The number of benzene rings is 2. The zero-order chi connectivity index (χ0) is 27.5. The number of carbonyl (C=O) groups is 2. The summed E-state index contributed by atoms with van der Waals surface area (Å²) in [5.74, 6) is 0.0767. The number of nitrogens with one attached hydrogen (secondary N) is 2. The first-order valence-corrected chi connectivity index (χ1v) is 14.3. The van der Waals surface area contributed by atoms with Crippen LogP contribution in [0.25, 0.3) is 6.08 Å². The van der Waals surface area contributed by atoms with Gasteiger partial charge in [0.25, 0.3) is 11.5 Å². The largest absolute Gasteiger partial charge is 0.369 e. The van der Waals surface area contributed by atoms with Crippen LogP contribution in [0.2, 0.25) is 0 Å². The van der Waals surface area contributed by atoms with Gasteiger partial charge >= 0.3 is 0 Å². The molecule has 1 saturated heterocycles. The van der Waals surface area contributed by atoms with Crippen LogP contribution in [0.1, 0.15) is 38.8 Å². The van der Waals surface area contributed by atoms with Crippen LogP contribution in [0, 0.1) is 5.92 Å². The average Bonchev–Trinajstić information content (AvgIpc) is 3.50. The van der Waals surface area contributed by atoms with E-state index in [4.69, 9.17) is 0 Å². The summed E-state index contributed by atoms with van der Waals surface area (Å²) in [4.78, 5) is 41.9. The minimum absolute atomic E-state index is 0.0525. The van der Waals surface area contributed by atoms with Crippen molar-refractivity contribution in [3.05, 3.63) is 122 Å². The number of hydrogen-bond donors (Lipinski definition) is 2. The summed E-state index contributed by atoms with van der Waals surface area (Å²) in [6.45, 7) is 2.64. The van der Waals surface area contributed by atoms with Gasteiger partial charge in [-0.05, 0) is 59.7 Å². The molecule has 2 aromatic heterocycles. The summed E-state index contributed by atoms with van der Waals surface area (Å²) in [6, 6.07) is 24.6. The lowest BCUT2D eigenvalue weighted by molar-refractivity contribution is -0.111. The van der Waals surface area contributed by atoms with Crippen molar-refractivity contribution in [1.82, 2.24) is 9.88 Å². The Morgan fingerprint density at radius 3 is 2.65 bits per heavy atom. The summed E-state index contributed by atoms with van der Waals surface area (Å²) in [5, 5.41) is 7.99. The fourth-order valence-electron chi connectivity index (χ4n) is 5.74. The van der Waals surface area contributed by atoms with Gasteiger partial charge in [-0.2, -0.15) is 0 Å². The molecule has 2 aromatic carbocycles. The summed E-state index contributed by atoms with van der Waals surface area (Å²) >= 11 is 1.59. The third-order valence-electron chi connectivity index (χ3n) is 7.57. The summed E-state index contributed by atoms with van der Waals surface area (Å²) in [6.07, 6.45) is 4.31. The Morgan fingerprint density at radius 1 is 0.950 bits per heavy atom. The van der Waals surface area contributed by atoms with E-state index < -0.39 is 0 Å². The van der Waals surface area contributed by atoms with Gasteiger partial charge in [-0.25, -0.2) is 0 Å². The van der Waals surface area contributed by atoms with Crippen molar-refractivity contribution in [2.24, 2.45) is 5.92 Å². The van der Waals surface area contributed by atoms with E-state index >= 15 is 0 Å². The maximum absolute atomic E-state index is 13.0. The van der Waals surface area contributed by atoms with Crippen LogP contribution >= 0.6 is 11.3 Å². The fraction of sp³-hybridized carbons (Fsp3) is 0.219. The molecular formula is C32H30N4O3S. The first-order chi connectivity index (χ1) is 19.5. The quantitative estimate of drug-likeness (QED) is 0.313. The molecule has 2 N–H and O–H groups in total. The van der Waals surface area contributed by atoms with Crippen LogP contribution in [0.3, 0.4) is 0 Å². The summed E-state index contributed by atoms with van der Waals surface area (Å²) in [7, 11) is 0. The van der Waals surface area contributed by atoms with Gasteiger partial charge in [-0.1, -0.05) is 42.5 Å². The smallest absolute Gasteiger partial charge is 0.251 e. The third kappa shape index (κ3) is 5.62. The van der Waals surface area contributed by atoms with E-state index in [1.54, 1.807) is 29.5 Å². The molecule has 2 aliphatic heterocycles. The Labute approximate surface area is 236 Å². The van der Waals surface area contributed by atoms with Crippen molar-refractivity contribution < 1.29 is 9.59 Å². The van der Waals surface area contributed by atoms with Gasteiger partial charge in [0, 0.05) is 53.8 Å². The number of carbonyl (C=O) groups excluding carboxylic acids is 2. The van der Waals surface area contributed by atoms with E-state index in [1.165, 1.54) is 6.08 Å². The van der Waals surface area contributed by atoms with Crippen LogP contribution < -0.4 is 21.1 Å².